The molecule has 0 atom stereocenters. The first-order chi connectivity index (χ1) is 9.33. The number of halogens is 1. The van der Waals surface area contributed by atoms with Gasteiger partial charge in [0.2, 0.25) is 5.95 Å². The Morgan fingerprint density at radius 3 is 2.89 bits per heavy atom. The number of fused-ring (bicyclic) bond motifs is 1. The van der Waals surface area contributed by atoms with Crippen LogP contribution in [-0.4, -0.2) is 21.5 Å². The maximum absolute atomic E-state index is 5.96. The molecule has 0 amide bonds. The van der Waals surface area contributed by atoms with Crippen LogP contribution >= 0.6 is 11.6 Å². The lowest BCUT2D eigenvalue weighted by atomic mass is 10.1. The van der Waals surface area contributed by atoms with Crippen molar-refractivity contribution in [2.24, 2.45) is 0 Å². The fourth-order valence-corrected chi connectivity index (χ4v) is 2.24. The maximum Gasteiger partial charge on any atom is 0.222 e. The molecule has 1 aromatic carbocycles. The van der Waals surface area contributed by atoms with E-state index in [1.807, 2.05) is 24.4 Å². The van der Waals surface area contributed by atoms with Gasteiger partial charge in [0.25, 0.3) is 0 Å². The van der Waals surface area contributed by atoms with E-state index in [0.29, 0.717) is 5.95 Å². The van der Waals surface area contributed by atoms with Gasteiger partial charge in [-0.05, 0) is 30.2 Å². The molecule has 0 saturated carbocycles. The van der Waals surface area contributed by atoms with Gasteiger partial charge in [0.1, 0.15) is 0 Å². The Labute approximate surface area is 115 Å². The van der Waals surface area contributed by atoms with Gasteiger partial charge >= 0.3 is 0 Å². The minimum atomic E-state index is 0.658. The molecular formula is C14H13ClN4. The lowest BCUT2D eigenvalue weighted by molar-refractivity contribution is 0.990. The molecular weight excluding hydrogens is 260 g/mol. The molecule has 0 bridgehead atoms. The number of benzene rings is 1. The predicted molar refractivity (Wildman–Crippen MR) is 77.5 cm³/mol. The van der Waals surface area contributed by atoms with Crippen LogP contribution < -0.4 is 5.32 Å². The molecule has 0 radical (unpaired) electrons. The quantitative estimate of drug-likeness (QED) is 0.766. The maximum atomic E-state index is 5.96. The van der Waals surface area contributed by atoms with E-state index in [1.165, 1.54) is 10.9 Å². The smallest absolute Gasteiger partial charge is 0.222 e. The average Bonchev–Trinajstić information content (AvgIpc) is 2.82. The first-order valence-corrected chi connectivity index (χ1v) is 6.47. The third-order valence-corrected chi connectivity index (χ3v) is 3.21. The Kier molecular flexibility index (Phi) is 3.33. The molecule has 3 rings (SSSR count). The molecule has 19 heavy (non-hydrogen) atoms. The molecule has 3 aromatic rings. The first kappa shape index (κ1) is 12.0. The number of nitrogens with one attached hydrogen (secondary N) is 2. The fourth-order valence-electron chi connectivity index (χ4n) is 2.06. The van der Waals surface area contributed by atoms with Crippen molar-refractivity contribution < 1.29 is 0 Å². The molecule has 0 spiro atoms. The summed E-state index contributed by atoms with van der Waals surface area (Å²) in [6.45, 7) is 0.791. The van der Waals surface area contributed by atoms with Crippen molar-refractivity contribution in [1.29, 1.82) is 0 Å². The topological polar surface area (TPSA) is 53.6 Å². The summed E-state index contributed by atoms with van der Waals surface area (Å²) in [5.41, 5.74) is 2.33. The molecule has 0 aliphatic heterocycles. The van der Waals surface area contributed by atoms with Gasteiger partial charge < -0.3 is 10.3 Å². The summed E-state index contributed by atoms with van der Waals surface area (Å²) in [6.07, 6.45) is 6.38. The van der Waals surface area contributed by atoms with E-state index in [2.05, 4.69) is 20.3 Å². The lowest BCUT2D eigenvalue weighted by Gasteiger charge is -2.03. The molecule has 0 saturated heterocycles. The summed E-state index contributed by atoms with van der Waals surface area (Å²) in [5.74, 6) is 0.658. The van der Waals surface area contributed by atoms with Crippen molar-refractivity contribution in [2.45, 2.75) is 6.42 Å². The van der Waals surface area contributed by atoms with Gasteiger partial charge in [0.15, 0.2) is 0 Å². The average molecular weight is 273 g/mol. The molecule has 5 heteroatoms. The van der Waals surface area contributed by atoms with Gasteiger partial charge in [-0.15, -0.1) is 0 Å². The van der Waals surface area contributed by atoms with Crippen LogP contribution in [0.4, 0.5) is 5.95 Å². The normalized spacial score (nSPS) is 10.8. The molecule has 2 N–H and O–H groups in total. The van der Waals surface area contributed by atoms with Gasteiger partial charge in [-0.2, -0.15) is 0 Å². The van der Waals surface area contributed by atoms with E-state index >= 15 is 0 Å². The number of aromatic nitrogens is 3. The monoisotopic (exact) mass is 272 g/mol. The van der Waals surface area contributed by atoms with Crippen LogP contribution in [-0.2, 0) is 6.42 Å². The van der Waals surface area contributed by atoms with Crippen molar-refractivity contribution in [3.05, 3.63) is 53.4 Å². The Balaban J connectivity index is 1.69. The second-order valence-corrected chi connectivity index (χ2v) is 4.69. The zero-order valence-electron chi connectivity index (χ0n) is 10.2. The fraction of sp³-hybridized carbons (Fsp3) is 0.143. The van der Waals surface area contributed by atoms with Gasteiger partial charge in [-0.3, -0.25) is 0 Å². The molecule has 4 nitrogen and oxygen atoms in total. The van der Waals surface area contributed by atoms with E-state index in [1.54, 1.807) is 18.5 Å². The van der Waals surface area contributed by atoms with Crippen LogP contribution in [0, 0.1) is 0 Å². The van der Waals surface area contributed by atoms with E-state index in [9.17, 15) is 0 Å². The molecule has 0 aliphatic rings. The molecule has 96 valence electrons. The highest BCUT2D eigenvalue weighted by Crippen LogP contribution is 2.22. The van der Waals surface area contributed by atoms with Crippen LogP contribution in [0.1, 0.15) is 5.56 Å². The number of H-pyrrole nitrogens is 1. The van der Waals surface area contributed by atoms with Crippen LogP contribution in [0.15, 0.2) is 42.9 Å². The Bertz CT molecular complexity index is 678. The number of hydrogen-bond acceptors (Lipinski definition) is 3. The van der Waals surface area contributed by atoms with Crippen molar-refractivity contribution in [2.75, 3.05) is 11.9 Å². The number of hydrogen-bond donors (Lipinski definition) is 2. The first-order valence-electron chi connectivity index (χ1n) is 6.09. The summed E-state index contributed by atoms with van der Waals surface area (Å²) in [6, 6.07) is 7.69. The summed E-state index contributed by atoms with van der Waals surface area (Å²) in [7, 11) is 0. The third-order valence-electron chi connectivity index (χ3n) is 2.97. The Hall–Kier alpha value is -2.07. The van der Waals surface area contributed by atoms with Crippen molar-refractivity contribution in [3.63, 3.8) is 0 Å². The van der Waals surface area contributed by atoms with Gasteiger partial charge in [-0.25, -0.2) is 9.97 Å². The van der Waals surface area contributed by atoms with Crippen LogP contribution in [0.5, 0.6) is 0 Å². The summed E-state index contributed by atoms with van der Waals surface area (Å²) in [5, 5.41) is 5.15. The Morgan fingerprint density at radius 2 is 2.05 bits per heavy atom. The highest BCUT2D eigenvalue weighted by molar-refractivity contribution is 6.31. The molecule has 0 aliphatic carbocycles. The van der Waals surface area contributed by atoms with E-state index in [-0.39, 0.29) is 0 Å². The SMILES string of the molecule is Clc1ccc2c(CCNc3ncccn3)c[nH]c2c1. The molecule has 0 fully saturated rings. The summed E-state index contributed by atoms with van der Waals surface area (Å²) < 4.78 is 0. The molecule has 2 heterocycles. The summed E-state index contributed by atoms with van der Waals surface area (Å²) >= 11 is 5.96. The minimum absolute atomic E-state index is 0.658. The number of aromatic amines is 1. The number of anilines is 1. The van der Waals surface area contributed by atoms with Crippen molar-refractivity contribution >= 4 is 28.5 Å². The zero-order valence-corrected chi connectivity index (χ0v) is 11.0. The zero-order chi connectivity index (χ0) is 13.1. The largest absolute Gasteiger partial charge is 0.361 e. The van der Waals surface area contributed by atoms with Gasteiger partial charge in [-0.1, -0.05) is 17.7 Å². The predicted octanol–water partition coefficient (Wildman–Crippen LogP) is 3.27. The van der Waals surface area contributed by atoms with E-state index in [4.69, 9.17) is 11.6 Å². The highest BCUT2D eigenvalue weighted by Gasteiger charge is 2.04. The van der Waals surface area contributed by atoms with Gasteiger partial charge in [0, 0.05) is 41.1 Å². The number of nitrogens with zero attached hydrogens (tertiary/aromatic N) is 2. The third kappa shape index (κ3) is 2.69. The minimum Gasteiger partial charge on any atom is -0.361 e. The van der Waals surface area contributed by atoms with E-state index < -0.39 is 0 Å². The second kappa shape index (κ2) is 5.28. The summed E-state index contributed by atoms with van der Waals surface area (Å²) in [4.78, 5) is 11.5. The van der Waals surface area contributed by atoms with Gasteiger partial charge in [0.05, 0.1) is 0 Å². The molecule has 0 unspecified atom stereocenters. The number of rotatable bonds is 4. The van der Waals surface area contributed by atoms with Crippen LogP contribution in [0.2, 0.25) is 5.02 Å². The Morgan fingerprint density at radius 1 is 1.21 bits per heavy atom. The van der Waals surface area contributed by atoms with Crippen molar-refractivity contribution in [1.82, 2.24) is 15.0 Å². The molecule has 2 aromatic heterocycles. The second-order valence-electron chi connectivity index (χ2n) is 4.25. The van der Waals surface area contributed by atoms with Crippen molar-refractivity contribution in [3.8, 4) is 0 Å². The lowest BCUT2D eigenvalue weighted by Crippen LogP contribution is -2.07. The standard InChI is InChI=1S/C14H13ClN4/c15-11-2-3-12-10(9-19-13(12)8-11)4-7-18-14-16-5-1-6-17-14/h1-3,5-6,8-9,19H,4,7H2,(H,16,17,18). The van der Waals surface area contributed by atoms with Crippen LogP contribution in [0.3, 0.4) is 0 Å². The highest BCUT2D eigenvalue weighted by atomic mass is 35.5. The van der Waals surface area contributed by atoms with Crippen LogP contribution in [0.25, 0.3) is 10.9 Å². The van der Waals surface area contributed by atoms with E-state index in [0.717, 1.165) is 23.5 Å².